The summed E-state index contributed by atoms with van der Waals surface area (Å²) in [5, 5.41) is 4.99. The zero-order valence-electron chi connectivity index (χ0n) is 18.2. The molecule has 0 saturated heterocycles. The maximum absolute atomic E-state index is 13.6. The van der Waals surface area contributed by atoms with Crippen LogP contribution in [0.25, 0.3) is 11.0 Å². The molecule has 166 valence electrons. The van der Waals surface area contributed by atoms with E-state index in [-0.39, 0.29) is 17.4 Å². The van der Waals surface area contributed by atoms with Gasteiger partial charge in [0.15, 0.2) is 17.3 Å². The summed E-state index contributed by atoms with van der Waals surface area (Å²) in [6, 6.07) is 4.26. The van der Waals surface area contributed by atoms with Crippen molar-refractivity contribution in [3.63, 3.8) is 0 Å². The highest BCUT2D eigenvalue weighted by Crippen LogP contribution is 2.31. The molecule has 1 atom stereocenters. The Morgan fingerprint density at radius 3 is 2.65 bits per heavy atom. The van der Waals surface area contributed by atoms with E-state index >= 15 is 0 Å². The maximum Gasteiger partial charge on any atom is 0.262 e. The van der Waals surface area contributed by atoms with Gasteiger partial charge in [-0.05, 0) is 43.5 Å². The molecule has 0 spiro atoms. The number of hydrogen-bond donors (Lipinski definition) is 1. The van der Waals surface area contributed by atoms with E-state index in [0.29, 0.717) is 41.6 Å². The Morgan fingerprint density at radius 2 is 1.97 bits per heavy atom. The first kappa shape index (κ1) is 21.6. The highest BCUT2D eigenvalue weighted by molar-refractivity contribution is 5.73. The van der Waals surface area contributed by atoms with Gasteiger partial charge in [-0.25, -0.2) is 18.4 Å². The minimum absolute atomic E-state index is 0.0284. The average molecular weight is 430 g/mol. The van der Waals surface area contributed by atoms with Crippen LogP contribution in [0.15, 0.2) is 29.2 Å². The Bertz CT molecular complexity index is 1120. The molecule has 1 saturated carbocycles. The molecule has 1 N–H and O–H groups in total. The van der Waals surface area contributed by atoms with Crippen molar-refractivity contribution >= 4 is 11.0 Å². The summed E-state index contributed by atoms with van der Waals surface area (Å²) in [5.74, 6) is -0.858. The predicted octanol–water partition coefficient (Wildman–Crippen LogP) is 4.38. The van der Waals surface area contributed by atoms with Gasteiger partial charge in [0, 0.05) is 19.0 Å². The van der Waals surface area contributed by atoms with Crippen LogP contribution in [0.4, 0.5) is 8.78 Å². The van der Waals surface area contributed by atoms with Crippen molar-refractivity contribution in [1.82, 2.24) is 24.6 Å². The van der Waals surface area contributed by atoms with E-state index in [9.17, 15) is 13.6 Å². The van der Waals surface area contributed by atoms with Crippen molar-refractivity contribution < 1.29 is 8.78 Å². The number of rotatable bonds is 7. The molecule has 0 aliphatic heterocycles. The molecule has 31 heavy (non-hydrogen) atoms. The summed E-state index contributed by atoms with van der Waals surface area (Å²) >= 11 is 0. The Balaban J connectivity index is 1.60. The molecule has 1 aliphatic carbocycles. The minimum atomic E-state index is -0.847. The normalized spacial score (nSPS) is 16.1. The number of nitrogens with zero attached hydrogens (tertiary/aromatic N) is 4. The summed E-state index contributed by atoms with van der Waals surface area (Å²) in [6.45, 7) is 5.26. The maximum atomic E-state index is 13.6. The largest absolute Gasteiger partial charge is 0.310 e. The van der Waals surface area contributed by atoms with E-state index in [1.807, 2.05) is 16.6 Å². The first-order chi connectivity index (χ1) is 14.8. The molecule has 8 heteroatoms. The lowest BCUT2D eigenvalue weighted by Gasteiger charge is -2.26. The number of fused-ring (bicyclic) bond motifs is 1. The first-order valence-electron chi connectivity index (χ1n) is 10.9. The van der Waals surface area contributed by atoms with Crippen molar-refractivity contribution in [3.05, 3.63) is 57.8 Å². The van der Waals surface area contributed by atoms with E-state index in [1.165, 1.54) is 18.9 Å². The quantitative estimate of drug-likeness (QED) is 0.605. The van der Waals surface area contributed by atoms with E-state index < -0.39 is 11.6 Å². The number of likely N-dealkylation sites (N-methyl/N-ethyl adjacent to an activating group) is 1. The molecule has 0 unspecified atom stereocenters. The van der Waals surface area contributed by atoms with Gasteiger partial charge in [0.1, 0.15) is 11.2 Å². The van der Waals surface area contributed by atoms with Crippen LogP contribution in [0.5, 0.6) is 0 Å². The summed E-state index contributed by atoms with van der Waals surface area (Å²) in [6.07, 6.45) is 6.08. The van der Waals surface area contributed by atoms with E-state index in [4.69, 9.17) is 4.98 Å². The van der Waals surface area contributed by atoms with E-state index in [0.717, 1.165) is 18.9 Å². The van der Waals surface area contributed by atoms with E-state index in [2.05, 4.69) is 23.9 Å². The van der Waals surface area contributed by atoms with Crippen LogP contribution < -0.4 is 5.56 Å². The molecule has 0 radical (unpaired) electrons. The molecule has 0 bridgehead atoms. The van der Waals surface area contributed by atoms with E-state index in [1.54, 1.807) is 12.3 Å². The van der Waals surface area contributed by atoms with Crippen LogP contribution in [0.1, 0.15) is 62.9 Å². The molecule has 1 aliphatic rings. The number of H-pyrrole nitrogens is 1. The lowest BCUT2D eigenvalue weighted by Crippen LogP contribution is -2.29. The third kappa shape index (κ3) is 4.54. The Morgan fingerprint density at radius 1 is 1.23 bits per heavy atom. The molecule has 4 rings (SSSR count). The van der Waals surface area contributed by atoms with Crippen molar-refractivity contribution in [2.75, 3.05) is 13.6 Å². The van der Waals surface area contributed by atoms with Crippen molar-refractivity contribution in [3.8, 4) is 0 Å². The van der Waals surface area contributed by atoms with Crippen LogP contribution >= 0.6 is 0 Å². The molecule has 6 nitrogen and oxygen atoms in total. The van der Waals surface area contributed by atoms with Gasteiger partial charge in [0.05, 0.1) is 12.2 Å². The second-order valence-electron chi connectivity index (χ2n) is 9.01. The second kappa shape index (κ2) is 8.86. The lowest BCUT2D eigenvalue weighted by atomic mass is 9.94. The van der Waals surface area contributed by atoms with Crippen molar-refractivity contribution in [2.45, 2.75) is 58.0 Å². The number of halogens is 2. The summed E-state index contributed by atoms with van der Waals surface area (Å²) in [4.78, 5) is 22.6. The number of hydrogen-bond acceptors (Lipinski definition) is 4. The molecule has 2 aromatic heterocycles. The van der Waals surface area contributed by atoms with Gasteiger partial charge in [-0.3, -0.25) is 4.79 Å². The second-order valence-corrected chi connectivity index (χ2v) is 9.01. The zero-order chi connectivity index (χ0) is 22.1. The summed E-state index contributed by atoms with van der Waals surface area (Å²) in [7, 11) is 1.93. The van der Waals surface area contributed by atoms with Crippen LogP contribution in [-0.4, -0.2) is 38.2 Å². The minimum Gasteiger partial charge on any atom is -0.310 e. The van der Waals surface area contributed by atoms with Crippen LogP contribution in [0.3, 0.4) is 0 Å². The standard InChI is InChI=1S/C23H29F2N5O/c1-14(2)18(13-29(3)12-15-8-9-19(24)20(25)10-15)21-27-22-17(23(31)28-21)11-26-30(22)16-6-4-5-7-16/h8-11,14,16,18H,4-7,12-13H2,1-3H3,(H,27,28,31)/t18-/m1/s1. The van der Waals surface area contributed by atoms with Gasteiger partial charge in [-0.2, -0.15) is 5.10 Å². The SMILES string of the molecule is CC(C)[C@@H](CN(C)Cc1ccc(F)c(F)c1)c1nc2c(cnn2C2CCCC2)c(=O)[nH]1. The fourth-order valence-electron chi connectivity index (χ4n) is 4.51. The summed E-state index contributed by atoms with van der Waals surface area (Å²) < 4.78 is 28.7. The molecule has 2 heterocycles. The average Bonchev–Trinajstić information content (AvgIpc) is 3.38. The highest BCUT2D eigenvalue weighted by Gasteiger charge is 2.25. The monoisotopic (exact) mass is 429 g/mol. The van der Waals surface area contributed by atoms with Gasteiger partial charge in [-0.1, -0.05) is 32.8 Å². The Hall–Kier alpha value is -2.61. The molecule has 0 amide bonds. The fourth-order valence-corrected chi connectivity index (χ4v) is 4.51. The van der Waals surface area contributed by atoms with Crippen molar-refractivity contribution in [1.29, 1.82) is 0 Å². The predicted molar refractivity (Wildman–Crippen MR) is 116 cm³/mol. The number of aromatic amines is 1. The molecular weight excluding hydrogens is 400 g/mol. The molecular formula is C23H29F2N5O. The van der Waals surface area contributed by atoms with Gasteiger partial charge in [-0.15, -0.1) is 0 Å². The van der Waals surface area contributed by atoms with Crippen LogP contribution in [0, 0.1) is 17.6 Å². The smallest absolute Gasteiger partial charge is 0.262 e. The van der Waals surface area contributed by atoms with Gasteiger partial charge >= 0.3 is 0 Å². The highest BCUT2D eigenvalue weighted by atomic mass is 19.2. The molecule has 1 aromatic carbocycles. The Labute approximate surface area is 180 Å². The molecule has 3 aromatic rings. The summed E-state index contributed by atoms with van der Waals surface area (Å²) in [5.41, 5.74) is 1.18. The third-order valence-electron chi connectivity index (χ3n) is 6.25. The van der Waals surface area contributed by atoms with Gasteiger partial charge < -0.3 is 9.88 Å². The third-order valence-corrected chi connectivity index (χ3v) is 6.25. The van der Waals surface area contributed by atoms with Crippen LogP contribution in [-0.2, 0) is 6.54 Å². The number of benzene rings is 1. The lowest BCUT2D eigenvalue weighted by molar-refractivity contribution is 0.269. The van der Waals surface area contributed by atoms with Crippen molar-refractivity contribution in [2.24, 2.45) is 5.92 Å². The van der Waals surface area contributed by atoms with Crippen LogP contribution in [0.2, 0.25) is 0 Å². The van der Waals surface area contributed by atoms with Gasteiger partial charge in [0.25, 0.3) is 5.56 Å². The number of aromatic nitrogens is 4. The van der Waals surface area contributed by atoms with Gasteiger partial charge in [0.2, 0.25) is 0 Å². The topological polar surface area (TPSA) is 66.8 Å². The zero-order valence-corrected chi connectivity index (χ0v) is 18.2. The molecule has 1 fully saturated rings. The Kier molecular flexibility index (Phi) is 6.18. The first-order valence-corrected chi connectivity index (χ1v) is 10.9. The fraction of sp³-hybridized carbons (Fsp3) is 0.522. The number of nitrogens with one attached hydrogen (secondary N) is 1.